The number of aryl methyl sites for hydroxylation is 2. The molecule has 0 bridgehead atoms. The molecule has 2 rings (SSSR count). The van der Waals surface area contributed by atoms with E-state index in [-0.39, 0.29) is 5.92 Å². The minimum atomic E-state index is -0.907. The van der Waals surface area contributed by atoms with Gasteiger partial charge in [-0.05, 0) is 31.9 Å². The number of nitrogens with zero attached hydrogens (tertiary/aromatic N) is 2. The van der Waals surface area contributed by atoms with Crippen molar-refractivity contribution >= 4 is 17.3 Å². The highest BCUT2D eigenvalue weighted by atomic mass is 32.1. The van der Waals surface area contributed by atoms with E-state index in [0.717, 1.165) is 22.0 Å². The van der Waals surface area contributed by atoms with Crippen LogP contribution in [0.15, 0.2) is 12.1 Å². The predicted octanol–water partition coefficient (Wildman–Crippen LogP) is 3.64. The first-order chi connectivity index (χ1) is 8.88. The zero-order chi connectivity index (χ0) is 14.2. The van der Waals surface area contributed by atoms with E-state index in [4.69, 9.17) is 0 Å². The van der Waals surface area contributed by atoms with Gasteiger partial charge in [0.05, 0.1) is 5.69 Å². The van der Waals surface area contributed by atoms with E-state index in [1.807, 2.05) is 39.8 Å². The fraction of sp³-hybridized carbons (Fsp3) is 0.357. The van der Waals surface area contributed by atoms with E-state index in [0.29, 0.717) is 10.6 Å². The number of hydrogen-bond acceptors (Lipinski definition) is 4. The van der Waals surface area contributed by atoms with Crippen molar-refractivity contribution in [3.63, 3.8) is 0 Å². The molecule has 0 unspecified atom stereocenters. The summed E-state index contributed by atoms with van der Waals surface area (Å²) in [4.78, 5) is 20.4. The number of rotatable bonds is 3. The molecule has 0 fully saturated rings. The Balaban J connectivity index is 2.57. The number of carboxylic acids is 1. The van der Waals surface area contributed by atoms with Crippen LogP contribution >= 0.6 is 11.3 Å². The molecule has 0 atom stereocenters. The van der Waals surface area contributed by atoms with Crippen LogP contribution in [0.4, 0.5) is 0 Å². The minimum Gasteiger partial charge on any atom is -0.477 e. The number of thiazole rings is 1. The summed E-state index contributed by atoms with van der Waals surface area (Å²) in [6, 6.07) is 3.86. The smallest absolute Gasteiger partial charge is 0.347 e. The van der Waals surface area contributed by atoms with Gasteiger partial charge < -0.3 is 5.11 Å². The SMILES string of the molecule is Cc1cc(-c2nc(C(C)C)c(C(=O)O)s2)cc(C)n1. The van der Waals surface area contributed by atoms with Gasteiger partial charge in [-0.25, -0.2) is 9.78 Å². The molecule has 0 radical (unpaired) electrons. The van der Waals surface area contributed by atoms with E-state index in [1.54, 1.807) is 0 Å². The Morgan fingerprint density at radius 2 is 1.79 bits per heavy atom. The largest absolute Gasteiger partial charge is 0.477 e. The first-order valence-corrected chi connectivity index (χ1v) is 6.89. The van der Waals surface area contributed by atoms with Crippen LogP contribution in [-0.2, 0) is 0 Å². The Morgan fingerprint density at radius 3 is 2.21 bits per heavy atom. The summed E-state index contributed by atoms with van der Waals surface area (Å²) in [6.45, 7) is 7.75. The van der Waals surface area contributed by atoms with Gasteiger partial charge in [0.1, 0.15) is 9.88 Å². The minimum absolute atomic E-state index is 0.0973. The van der Waals surface area contributed by atoms with E-state index in [1.165, 1.54) is 11.3 Å². The molecular formula is C14H16N2O2S. The third kappa shape index (κ3) is 2.81. The molecule has 2 aromatic rings. The topological polar surface area (TPSA) is 63.1 Å². The van der Waals surface area contributed by atoms with Crippen molar-refractivity contribution in [3.8, 4) is 10.6 Å². The Labute approximate surface area is 116 Å². The summed E-state index contributed by atoms with van der Waals surface area (Å²) in [5, 5.41) is 9.99. The molecule has 4 nitrogen and oxygen atoms in total. The molecule has 1 N–H and O–H groups in total. The summed E-state index contributed by atoms with van der Waals surface area (Å²) in [7, 11) is 0. The van der Waals surface area contributed by atoms with Gasteiger partial charge in [0.2, 0.25) is 0 Å². The highest BCUT2D eigenvalue weighted by Gasteiger charge is 2.20. The lowest BCUT2D eigenvalue weighted by Gasteiger charge is -2.01. The fourth-order valence-corrected chi connectivity index (χ4v) is 3.00. The molecule has 0 saturated heterocycles. The molecule has 0 aromatic carbocycles. The van der Waals surface area contributed by atoms with Crippen LogP contribution in [-0.4, -0.2) is 21.0 Å². The summed E-state index contributed by atoms with van der Waals surface area (Å²) in [5.74, 6) is -0.810. The molecule has 0 saturated carbocycles. The number of carboxylic acid groups (broad SMARTS) is 1. The number of aromatic nitrogens is 2. The van der Waals surface area contributed by atoms with Crippen molar-refractivity contribution in [3.05, 3.63) is 34.1 Å². The van der Waals surface area contributed by atoms with E-state index in [2.05, 4.69) is 9.97 Å². The van der Waals surface area contributed by atoms with Crippen molar-refractivity contribution in [2.24, 2.45) is 0 Å². The van der Waals surface area contributed by atoms with Crippen LogP contribution in [0, 0.1) is 13.8 Å². The second-order valence-corrected chi connectivity index (χ2v) is 5.83. The first kappa shape index (κ1) is 13.7. The average molecular weight is 276 g/mol. The van der Waals surface area contributed by atoms with E-state index >= 15 is 0 Å². The average Bonchev–Trinajstić information content (AvgIpc) is 2.72. The molecule has 0 aliphatic rings. The van der Waals surface area contributed by atoms with Gasteiger partial charge in [0.25, 0.3) is 0 Å². The van der Waals surface area contributed by atoms with Crippen molar-refractivity contribution in [2.75, 3.05) is 0 Å². The molecule has 2 aromatic heterocycles. The summed E-state index contributed by atoms with van der Waals surface area (Å²) in [6.07, 6.45) is 0. The molecule has 5 heteroatoms. The number of hydrogen-bond donors (Lipinski definition) is 1. The molecule has 2 heterocycles. The van der Waals surface area contributed by atoms with Crippen LogP contribution in [0.25, 0.3) is 10.6 Å². The summed E-state index contributed by atoms with van der Waals surface area (Å²) < 4.78 is 0. The third-order valence-corrected chi connectivity index (χ3v) is 3.83. The van der Waals surface area contributed by atoms with Crippen LogP contribution in [0.1, 0.15) is 46.5 Å². The quantitative estimate of drug-likeness (QED) is 0.929. The number of pyridine rings is 1. The summed E-state index contributed by atoms with van der Waals surface area (Å²) in [5.41, 5.74) is 3.41. The van der Waals surface area contributed by atoms with Crippen LogP contribution in [0.3, 0.4) is 0 Å². The Bertz CT molecular complexity index is 612. The van der Waals surface area contributed by atoms with E-state index in [9.17, 15) is 9.90 Å². The highest BCUT2D eigenvalue weighted by Crippen LogP contribution is 2.32. The summed E-state index contributed by atoms with van der Waals surface area (Å²) >= 11 is 1.23. The van der Waals surface area contributed by atoms with Crippen LogP contribution in [0.2, 0.25) is 0 Å². The fourth-order valence-electron chi connectivity index (χ4n) is 1.96. The monoisotopic (exact) mass is 276 g/mol. The van der Waals surface area contributed by atoms with Crippen molar-refractivity contribution in [2.45, 2.75) is 33.6 Å². The second-order valence-electron chi connectivity index (χ2n) is 4.83. The molecule has 0 aliphatic heterocycles. The molecule has 0 amide bonds. The standard InChI is InChI=1S/C14H16N2O2S/c1-7(2)11-12(14(17)18)19-13(16-11)10-5-8(3)15-9(4)6-10/h5-7H,1-4H3,(H,17,18). The maximum Gasteiger partial charge on any atom is 0.347 e. The van der Waals surface area contributed by atoms with Gasteiger partial charge in [-0.1, -0.05) is 13.8 Å². The van der Waals surface area contributed by atoms with Gasteiger partial charge in [0, 0.05) is 17.0 Å². The molecule has 100 valence electrons. The zero-order valence-corrected chi connectivity index (χ0v) is 12.2. The lowest BCUT2D eigenvalue weighted by atomic mass is 10.1. The predicted molar refractivity (Wildman–Crippen MR) is 75.9 cm³/mol. The van der Waals surface area contributed by atoms with E-state index < -0.39 is 5.97 Å². The lowest BCUT2D eigenvalue weighted by molar-refractivity contribution is 0.0700. The maximum atomic E-state index is 11.3. The van der Waals surface area contributed by atoms with Gasteiger partial charge in [-0.2, -0.15) is 0 Å². The Morgan fingerprint density at radius 1 is 1.21 bits per heavy atom. The van der Waals surface area contributed by atoms with Gasteiger partial charge in [-0.15, -0.1) is 11.3 Å². The zero-order valence-electron chi connectivity index (χ0n) is 11.4. The van der Waals surface area contributed by atoms with Crippen LogP contribution in [0.5, 0.6) is 0 Å². The number of carbonyl (C=O) groups is 1. The molecule has 19 heavy (non-hydrogen) atoms. The van der Waals surface area contributed by atoms with Crippen molar-refractivity contribution < 1.29 is 9.90 Å². The normalized spacial score (nSPS) is 11.0. The highest BCUT2D eigenvalue weighted by molar-refractivity contribution is 7.17. The van der Waals surface area contributed by atoms with Gasteiger partial charge >= 0.3 is 5.97 Å². The molecule has 0 spiro atoms. The Hall–Kier alpha value is -1.75. The van der Waals surface area contributed by atoms with Crippen LogP contribution < -0.4 is 0 Å². The molecular weight excluding hydrogens is 260 g/mol. The lowest BCUT2D eigenvalue weighted by Crippen LogP contribution is -2.00. The van der Waals surface area contributed by atoms with Gasteiger partial charge in [-0.3, -0.25) is 4.98 Å². The first-order valence-electron chi connectivity index (χ1n) is 6.08. The van der Waals surface area contributed by atoms with Gasteiger partial charge in [0.15, 0.2) is 0 Å². The number of aromatic carboxylic acids is 1. The molecule has 0 aliphatic carbocycles. The van der Waals surface area contributed by atoms with Crippen molar-refractivity contribution in [1.29, 1.82) is 0 Å². The second kappa shape index (κ2) is 5.09. The maximum absolute atomic E-state index is 11.3. The third-order valence-electron chi connectivity index (χ3n) is 2.72. The Kier molecular flexibility index (Phi) is 3.66. The van der Waals surface area contributed by atoms with Crippen molar-refractivity contribution in [1.82, 2.24) is 9.97 Å².